The summed E-state index contributed by atoms with van der Waals surface area (Å²) in [5.41, 5.74) is 8.57. The Balaban J connectivity index is 2.13. The highest BCUT2D eigenvalue weighted by Crippen LogP contribution is 2.16. The molecule has 0 saturated heterocycles. The zero-order chi connectivity index (χ0) is 14.7. The van der Waals surface area contributed by atoms with E-state index in [1.54, 1.807) is 30.3 Å². The molecule has 0 heterocycles. The summed E-state index contributed by atoms with van der Waals surface area (Å²) in [5, 5.41) is 2.89. The third-order valence-corrected chi connectivity index (χ3v) is 3.21. The van der Waals surface area contributed by atoms with Crippen LogP contribution in [-0.2, 0) is 0 Å². The minimum atomic E-state index is -0.290. The number of aryl methyl sites for hydroxylation is 1. The van der Waals surface area contributed by atoms with Crippen molar-refractivity contribution in [3.8, 4) is 0 Å². The van der Waals surface area contributed by atoms with Gasteiger partial charge in [0.1, 0.15) is 5.82 Å². The normalized spacial score (nSPS) is 11.9. The maximum Gasteiger partial charge on any atom is 0.252 e. The van der Waals surface area contributed by atoms with Crippen molar-refractivity contribution >= 4 is 11.6 Å². The molecule has 104 valence electrons. The molecule has 2 rings (SSSR count). The minimum Gasteiger partial charge on any atom is -0.399 e. The van der Waals surface area contributed by atoms with Gasteiger partial charge in [0.25, 0.3) is 5.91 Å². The summed E-state index contributed by atoms with van der Waals surface area (Å²) in [6.07, 6.45) is 0. The molecule has 0 aliphatic rings. The third-order valence-electron chi connectivity index (χ3n) is 3.21. The zero-order valence-corrected chi connectivity index (χ0v) is 11.5. The van der Waals surface area contributed by atoms with Crippen molar-refractivity contribution in [3.05, 3.63) is 65.0 Å². The summed E-state index contributed by atoms with van der Waals surface area (Å²) in [7, 11) is 0. The number of hydrogen-bond donors (Lipinski definition) is 2. The van der Waals surface area contributed by atoms with Gasteiger partial charge in [0.15, 0.2) is 0 Å². The molecule has 0 bridgehead atoms. The predicted molar refractivity (Wildman–Crippen MR) is 77.9 cm³/mol. The molecule has 2 aromatic carbocycles. The van der Waals surface area contributed by atoms with E-state index in [4.69, 9.17) is 5.73 Å². The summed E-state index contributed by atoms with van der Waals surface area (Å²) in [5.74, 6) is -0.457. The van der Waals surface area contributed by atoms with Gasteiger partial charge in [-0.1, -0.05) is 12.1 Å². The van der Waals surface area contributed by atoms with Crippen LogP contribution in [0.4, 0.5) is 10.1 Å². The van der Waals surface area contributed by atoms with Gasteiger partial charge in [-0.2, -0.15) is 0 Å². The van der Waals surface area contributed by atoms with Gasteiger partial charge in [-0.05, 0) is 55.3 Å². The van der Waals surface area contributed by atoms with E-state index in [-0.39, 0.29) is 17.8 Å². The van der Waals surface area contributed by atoms with Gasteiger partial charge in [-0.15, -0.1) is 0 Å². The Morgan fingerprint density at radius 2 is 1.85 bits per heavy atom. The number of nitrogens with one attached hydrogen (secondary N) is 1. The van der Waals surface area contributed by atoms with E-state index in [1.807, 2.05) is 13.8 Å². The van der Waals surface area contributed by atoms with Crippen molar-refractivity contribution in [2.24, 2.45) is 0 Å². The first-order valence-corrected chi connectivity index (χ1v) is 6.40. The number of carbonyl (C=O) groups is 1. The summed E-state index contributed by atoms with van der Waals surface area (Å²) < 4.78 is 12.9. The lowest BCUT2D eigenvalue weighted by molar-refractivity contribution is 0.0939. The van der Waals surface area contributed by atoms with Gasteiger partial charge in [0.05, 0.1) is 6.04 Å². The van der Waals surface area contributed by atoms with Crippen LogP contribution in [0.25, 0.3) is 0 Å². The Morgan fingerprint density at radius 1 is 1.20 bits per heavy atom. The Labute approximate surface area is 117 Å². The molecule has 20 heavy (non-hydrogen) atoms. The minimum absolute atomic E-state index is 0.167. The van der Waals surface area contributed by atoms with E-state index < -0.39 is 0 Å². The summed E-state index contributed by atoms with van der Waals surface area (Å²) >= 11 is 0. The van der Waals surface area contributed by atoms with Crippen LogP contribution in [0.15, 0.2) is 42.5 Å². The van der Waals surface area contributed by atoms with Crippen LogP contribution >= 0.6 is 0 Å². The van der Waals surface area contributed by atoms with Crippen molar-refractivity contribution in [2.75, 3.05) is 5.73 Å². The van der Waals surface area contributed by atoms with Crippen molar-refractivity contribution in [2.45, 2.75) is 19.9 Å². The molecule has 2 aromatic rings. The molecule has 1 amide bonds. The first-order valence-electron chi connectivity index (χ1n) is 6.40. The SMILES string of the molecule is Cc1cc(N)ccc1C(=O)NC(C)c1ccc(F)cc1. The molecule has 0 aliphatic heterocycles. The maximum absolute atomic E-state index is 12.9. The Hall–Kier alpha value is -2.36. The molecule has 0 saturated carbocycles. The van der Waals surface area contributed by atoms with Crippen LogP contribution in [0.1, 0.15) is 34.5 Å². The lowest BCUT2D eigenvalue weighted by Gasteiger charge is -2.15. The van der Waals surface area contributed by atoms with E-state index >= 15 is 0 Å². The van der Waals surface area contributed by atoms with Crippen molar-refractivity contribution in [3.63, 3.8) is 0 Å². The standard InChI is InChI=1S/C16H17FN2O/c1-10-9-14(18)7-8-15(10)16(20)19-11(2)12-3-5-13(17)6-4-12/h3-9,11H,18H2,1-2H3,(H,19,20). The number of amides is 1. The van der Waals surface area contributed by atoms with Crippen LogP contribution in [-0.4, -0.2) is 5.91 Å². The van der Waals surface area contributed by atoms with Crippen molar-refractivity contribution in [1.82, 2.24) is 5.32 Å². The molecular formula is C16H17FN2O. The lowest BCUT2D eigenvalue weighted by Crippen LogP contribution is -2.27. The molecule has 3 N–H and O–H groups in total. The Bertz CT molecular complexity index is 623. The van der Waals surface area contributed by atoms with Crippen LogP contribution in [0.3, 0.4) is 0 Å². The van der Waals surface area contributed by atoms with Crippen LogP contribution in [0, 0.1) is 12.7 Å². The van der Waals surface area contributed by atoms with Gasteiger partial charge in [0.2, 0.25) is 0 Å². The van der Waals surface area contributed by atoms with Gasteiger partial charge in [-0.25, -0.2) is 4.39 Å². The second-order valence-electron chi connectivity index (χ2n) is 4.82. The van der Waals surface area contributed by atoms with Crippen LogP contribution < -0.4 is 11.1 Å². The summed E-state index contributed by atoms with van der Waals surface area (Å²) in [4.78, 5) is 12.2. The van der Waals surface area contributed by atoms with E-state index in [2.05, 4.69) is 5.32 Å². The first-order chi connectivity index (χ1) is 9.47. The van der Waals surface area contributed by atoms with Gasteiger partial charge < -0.3 is 11.1 Å². The van der Waals surface area contributed by atoms with Crippen molar-refractivity contribution in [1.29, 1.82) is 0 Å². The fourth-order valence-electron chi connectivity index (χ4n) is 2.05. The first kappa shape index (κ1) is 14.1. The largest absolute Gasteiger partial charge is 0.399 e. The molecule has 1 atom stereocenters. The third kappa shape index (κ3) is 3.15. The number of carbonyl (C=O) groups excluding carboxylic acids is 1. The van der Waals surface area contributed by atoms with E-state index in [0.717, 1.165) is 11.1 Å². The fraction of sp³-hybridized carbons (Fsp3) is 0.188. The quantitative estimate of drug-likeness (QED) is 0.843. The number of nitrogen functional groups attached to an aromatic ring is 1. The highest BCUT2D eigenvalue weighted by molar-refractivity contribution is 5.96. The number of anilines is 1. The monoisotopic (exact) mass is 272 g/mol. The summed E-state index contributed by atoms with van der Waals surface area (Å²) in [6, 6.07) is 11.1. The highest BCUT2D eigenvalue weighted by atomic mass is 19.1. The van der Waals surface area contributed by atoms with Gasteiger partial charge in [0, 0.05) is 11.3 Å². The molecule has 0 radical (unpaired) electrons. The molecule has 0 spiro atoms. The number of hydrogen-bond acceptors (Lipinski definition) is 2. The molecule has 0 fully saturated rings. The second kappa shape index (κ2) is 5.74. The molecule has 0 aliphatic carbocycles. The lowest BCUT2D eigenvalue weighted by atomic mass is 10.1. The number of benzene rings is 2. The Kier molecular flexibility index (Phi) is 4.03. The average Bonchev–Trinajstić information content (AvgIpc) is 2.39. The van der Waals surface area contributed by atoms with Crippen LogP contribution in [0.2, 0.25) is 0 Å². The number of halogens is 1. The number of nitrogens with two attached hydrogens (primary N) is 1. The van der Waals surface area contributed by atoms with Gasteiger partial charge >= 0.3 is 0 Å². The molecule has 4 heteroatoms. The maximum atomic E-state index is 12.9. The van der Waals surface area contributed by atoms with E-state index in [1.165, 1.54) is 12.1 Å². The molecular weight excluding hydrogens is 255 g/mol. The fourth-order valence-corrected chi connectivity index (χ4v) is 2.05. The average molecular weight is 272 g/mol. The van der Waals surface area contributed by atoms with Crippen molar-refractivity contribution < 1.29 is 9.18 Å². The smallest absolute Gasteiger partial charge is 0.252 e. The number of rotatable bonds is 3. The van der Waals surface area contributed by atoms with Crippen LogP contribution in [0.5, 0.6) is 0 Å². The van der Waals surface area contributed by atoms with E-state index in [9.17, 15) is 9.18 Å². The van der Waals surface area contributed by atoms with Gasteiger partial charge in [-0.3, -0.25) is 4.79 Å². The second-order valence-corrected chi connectivity index (χ2v) is 4.82. The topological polar surface area (TPSA) is 55.1 Å². The molecule has 1 unspecified atom stereocenters. The zero-order valence-electron chi connectivity index (χ0n) is 11.5. The highest BCUT2D eigenvalue weighted by Gasteiger charge is 2.13. The molecule has 3 nitrogen and oxygen atoms in total. The predicted octanol–water partition coefficient (Wildman–Crippen LogP) is 3.21. The van der Waals surface area contributed by atoms with E-state index in [0.29, 0.717) is 11.3 Å². The Morgan fingerprint density at radius 3 is 2.45 bits per heavy atom. The molecule has 0 aromatic heterocycles. The summed E-state index contributed by atoms with van der Waals surface area (Å²) in [6.45, 7) is 3.70.